The zero-order valence-electron chi connectivity index (χ0n) is 9.00. The van der Waals surface area contributed by atoms with Gasteiger partial charge in [-0.1, -0.05) is 13.8 Å². The van der Waals surface area contributed by atoms with E-state index in [1.807, 2.05) is 0 Å². The summed E-state index contributed by atoms with van der Waals surface area (Å²) in [5.74, 6) is 0.498. The zero-order valence-corrected chi connectivity index (χ0v) is 9.00. The molecule has 0 spiro atoms. The number of nitrogens with zero attached hydrogens (tertiary/aromatic N) is 2. The fraction of sp³-hybridized carbons (Fsp3) is 0.700. The molecule has 0 radical (unpaired) electrons. The Labute approximate surface area is 84.3 Å². The highest BCUT2D eigenvalue weighted by atomic mass is 16.5. The maximum Gasteiger partial charge on any atom is 0.0992 e. The second-order valence-electron chi connectivity index (χ2n) is 4.13. The number of aromatic amines is 1. The van der Waals surface area contributed by atoms with Gasteiger partial charge in [0.1, 0.15) is 0 Å². The van der Waals surface area contributed by atoms with E-state index in [4.69, 9.17) is 4.74 Å². The first kappa shape index (κ1) is 9.68. The van der Waals surface area contributed by atoms with Crippen molar-refractivity contribution in [2.75, 3.05) is 13.8 Å². The van der Waals surface area contributed by atoms with Crippen molar-refractivity contribution in [2.45, 2.75) is 32.9 Å². The molecule has 14 heavy (non-hydrogen) atoms. The van der Waals surface area contributed by atoms with Crippen molar-refractivity contribution >= 4 is 0 Å². The number of H-pyrrole nitrogens is 1. The van der Waals surface area contributed by atoms with Gasteiger partial charge < -0.3 is 4.74 Å². The van der Waals surface area contributed by atoms with Crippen LogP contribution < -0.4 is 0 Å². The molecule has 0 fully saturated rings. The summed E-state index contributed by atoms with van der Waals surface area (Å²) >= 11 is 0. The average Bonchev–Trinajstić information content (AvgIpc) is 2.62. The van der Waals surface area contributed by atoms with Gasteiger partial charge >= 0.3 is 0 Å². The van der Waals surface area contributed by atoms with Crippen LogP contribution in [-0.2, 0) is 17.8 Å². The lowest BCUT2D eigenvalue weighted by atomic mass is 10.1. The molecule has 0 saturated carbocycles. The van der Waals surface area contributed by atoms with Crippen LogP contribution in [0, 0.1) is 0 Å². The minimum Gasteiger partial charge on any atom is -0.369 e. The van der Waals surface area contributed by atoms with E-state index in [1.54, 1.807) is 7.11 Å². The first-order valence-corrected chi connectivity index (χ1v) is 4.99. The molecule has 0 aromatic carbocycles. The summed E-state index contributed by atoms with van der Waals surface area (Å²) in [6.07, 6.45) is 0. The van der Waals surface area contributed by atoms with Gasteiger partial charge in [0.15, 0.2) is 0 Å². The van der Waals surface area contributed by atoms with Crippen LogP contribution in [0.3, 0.4) is 0 Å². The summed E-state index contributed by atoms with van der Waals surface area (Å²) in [6.45, 7) is 6.95. The molecule has 1 aromatic rings. The molecule has 0 aliphatic carbocycles. The number of hydrogen-bond donors (Lipinski definition) is 1. The molecule has 1 N–H and O–H groups in total. The lowest BCUT2D eigenvalue weighted by molar-refractivity contribution is 0.0604. The van der Waals surface area contributed by atoms with Crippen LogP contribution in [0.1, 0.15) is 36.7 Å². The Balaban J connectivity index is 2.15. The molecule has 4 nitrogen and oxygen atoms in total. The number of ether oxygens (including phenoxy) is 1. The average molecular weight is 195 g/mol. The van der Waals surface area contributed by atoms with Crippen LogP contribution in [0.25, 0.3) is 0 Å². The molecule has 1 aliphatic heterocycles. The van der Waals surface area contributed by atoms with Crippen molar-refractivity contribution in [1.82, 2.24) is 15.1 Å². The van der Waals surface area contributed by atoms with Crippen LogP contribution in [0.5, 0.6) is 0 Å². The van der Waals surface area contributed by atoms with Crippen molar-refractivity contribution in [3.63, 3.8) is 0 Å². The Bertz CT molecular complexity index is 319. The highest BCUT2D eigenvalue weighted by molar-refractivity contribution is 5.30. The molecular formula is C10H17N3O. The first-order valence-electron chi connectivity index (χ1n) is 4.99. The van der Waals surface area contributed by atoms with Crippen molar-refractivity contribution in [2.24, 2.45) is 0 Å². The highest BCUT2D eigenvalue weighted by Gasteiger charge is 2.25. The van der Waals surface area contributed by atoms with E-state index in [9.17, 15) is 0 Å². The summed E-state index contributed by atoms with van der Waals surface area (Å²) in [7, 11) is 1.73. The van der Waals surface area contributed by atoms with Gasteiger partial charge in [-0.25, -0.2) is 0 Å². The number of fused-ring (bicyclic) bond motifs is 1. The lowest BCUT2D eigenvalue weighted by Crippen LogP contribution is -2.19. The van der Waals surface area contributed by atoms with E-state index in [1.165, 1.54) is 17.0 Å². The third-order valence-corrected chi connectivity index (χ3v) is 2.61. The predicted molar refractivity (Wildman–Crippen MR) is 53.8 cm³/mol. The van der Waals surface area contributed by atoms with E-state index in [2.05, 4.69) is 28.9 Å². The lowest BCUT2D eigenvalue weighted by Gasteiger charge is -2.13. The Morgan fingerprint density at radius 3 is 2.93 bits per heavy atom. The van der Waals surface area contributed by atoms with Crippen LogP contribution in [0.2, 0.25) is 0 Å². The van der Waals surface area contributed by atoms with Gasteiger partial charge in [-0.15, -0.1) is 0 Å². The minimum atomic E-state index is 0.498. The minimum absolute atomic E-state index is 0.498. The molecule has 0 atom stereocenters. The summed E-state index contributed by atoms with van der Waals surface area (Å²) < 4.78 is 5.12. The maximum atomic E-state index is 5.12. The Hall–Kier alpha value is -0.870. The molecule has 0 unspecified atom stereocenters. The van der Waals surface area contributed by atoms with E-state index < -0.39 is 0 Å². The van der Waals surface area contributed by atoms with Crippen LogP contribution in [-0.4, -0.2) is 28.9 Å². The van der Waals surface area contributed by atoms with Crippen molar-refractivity contribution in [3.8, 4) is 0 Å². The largest absolute Gasteiger partial charge is 0.369 e. The zero-order chi connectivity index (χ0) is 10.1. The molecule has 78 valence electrons. The summed E-state index contributed by atoms with van der Waals surface area (Å²) in [5.41, 5.74) is 3.83. The SMILES string of the molecule is COCN1Cc2[nH]nc(C(C)C)c2C1. The fourth-order valence-corrected chi connectivity index (χ4v) is 1.98. The van der Waals surface area contributed by atoms with Crippen LogP contribution in [0.15, 0.2) is 0 Å². The molecule has 2 heterocycles. The monoisotopic (exact) mass is 195 g/mol. The Morgan fingerprint density at radius 1 is 1.50 bits per heavy atom. The van der Waals surface area contributed by atoms with Gasteiger partial charge in [0.2, 0.25) is 0 Å². The second kappa shape index (κ2) is 3.71. The topological polar surface area (TPSA) is 41.1 Å². The van der Waals surface area contributed by atoms with E-state index >= 15 is 0 Å². The van der Waals surface area contributed by atoms with Gasteiger partial charge in [-0.2, -0.15) is 5.10 Å². The number of methoxy groups -OCH3 is 1. The molecule has 2 rings (SSSR count). The van der Waals surface area contributed by atoms with Gasteiger partial charge in [-0.05, 0) is 5.92 Å². The molecule has 0 bridgehead atoms. The summed E-state index contributed by atoms with van der Waals surface area (Å²) in [6, 6.07) is 0. The Morgan fingerprint density at radius 2 is 2.29 bits per heavy atom. The second-order valence-corrected chi connectivity index (χ2v) is 4.13. The molecule has 0 amide bonds. The van der Waals surface area contributed by atoms with Gasteiger partial charge in [-0.3, -0.25) is 10.00 Å². The summed E-state index contributed by atoms with van der Waals surface area (Å²) in [5, 5.41) is 7.45. The number of nitrogens with one attached hydrogen (secondary N) is 1. The standard InChI is InChI=1S/C10H17N3O/c1-7(2)10-8-4-13(6-14-3)5-9(8)11-12-10/h7H,4-6H2,1-3H3,(H,11,12). The summed E-state index contributed by atoms with van der Waals surface area (Å²) in [4.78, 5) is 2.26. The van der Waals surface area contributed by atoms with Gasteiger partial charge in [0.25, 0.3) is 0 Å². The normalized spacial score (nSPS) is 16.6. The van der Waals surface area contributed by atoms with E-state index in [0.717, 1.165) is 13.1 Å². The molecule has 4 heteroatoms. The number of aromatic nitrogens is 2. The molecule has 0 saturated heterocycles. The van der Waals surface area contributed by atoms with Crippen molar-refractivity contribution in [1.29, 1.82) is 0 Å². The van der Waals surface area contributed by atoms with E-state index in [-0.39, 0.29) is 0 Å². The first-order chi connectivity index (χ1) is 6.72. The predicted octanol–water partition coefficient (Wildman–Crippen LogP) is 1.45. The Kier molecular flexibility index (Phi) is 2.56. The fourth-order valence-electron chi connectivity index (χ4n) is 1.98. The molecule has 1 aliphatic rings. The smallest absolute Gasteiger partial charge is 0.0992 e. The third-order valence-electron chi connectivity index (χ3n) is 2.61. The van der Waals surface area contributed by atoms with Gasteiger partial charge in [0, 0.05) is 25.8 Å². The van der Waals surface area contributed by atoms with E-state index in [0.29, 0.717) is 12.6 Å². The molecular weight excluding hydrogens is 178 g/mol. The van der Waals surface area contributed by atoms with Crippen molar-refractivity contribution < 1.29 is 4.74 Å². The molecule has 1 aromatic heterocycles. The number of hydrogen-bond acceptors (Lipinski definition) is 3. The number of rotatable bonds is 3. The quantitative estimate of drug-likeness (QED) is 0.793. The third kappa shape index (κ3) is 1.55. The van der Waals surface area contributed by atoms with Crippen molar-refractivity contribution in [3.05, 3.63) is 17.0 Å². The maximum absolute atomic E-state index is 5.12. The highest BCUT2D eigenvalue weighted by Crippen LogP contribution is 2.27. The van der Waals surface area contributed by atoms with Crippen LogP contribution >= 0.6 is 0 Å². The van der Waals surface area contributed by atoms with Crippen LogP contribution in [0.4, 0.5) is 0 Å². The van der Waals surface area contributed by atoms with Gasteiger partial charge in [0.05, 0.1) is 18.1 Å².